The number of hydrogen-bond donors (Lipinski definition) is 0. The van der Waals surface area contributed by atoms with Gasteiger partial charge < -0.3 is 4.74 Å². The molecular formula is C11H14ClNO2. The van der Waals surface area contributed by atoms with Crippen molar-refractivity contribution in [1.82, 2.24) is 4.98 Å². The summed E-state index contributed by atoms with van der Waals surface area (Å²) < 4.78 is 4.81. The maximum Gasteiger partial charge on any atom is 0.305 e. The minimum atomic E-state index is -0.226. The minimum Gasteiger partial charge on any atom is -0.466 e. The molecule has 82 valence electrons. The first-order valence-corrected chi connectivity index (χ1v) is 5.38. The molecule has 0 saturated heterocycles. The van der Waals surface area contributed by atoms with Gasteiger partial charge in [0.05, 0.1) is 17.7 Å². The van der Waals surface area contributed by atoms with Crippen molar-refractivity contribution < 1.29 is 9.53 Å². The van der Waals surface area contributed by atoms with Gasteiger partial charge in [-0.2, -0.15) is 0 Å². The molecule has 1 aromatic heterocycles. The van der Waals surface area contributed by atoms with E-state index in [-0.39, 0.29) is 11.3 Å². The Morgan fingerprint density at radius 1 is 1.60 bits per heavy atom. The smallest absolute Gasteiger partial charge is 0.305 e. The summed E-state index contributed by atoms with van der Waals surface area (Å²) in [5.41, 5.74) is 0.795. The normalized spacial score (nSPS) is 12.1. The van der Waals surface area contributed by atoms with E-state index in [4.69, 9.17) is 16.3 Å². The van der Waals surface area contributed by atoms with Crippen LogP contribution in [0.2, 0.25) is 0 Å². The molecule has 15 heavy (non-hydrogen) atoms. The quantitative estimate of drug-likeness (QED) is 0.574. The van der Waals surface area contributed by atoms with Crippen LogP contribution in [0.25, 0.3) is 0 Å². The van der Waals surface area contributed by atoms with E-state index in [1.54, 1.807) is 13.1 Å². The molecule has 0 aliphatic rings. The number of esters is 1. The summed E-state index contributed by atoms with van der Waals surface area (Å²) >= 11 is 6.08. The first-order valence-electron chi connectivity index (χ1n) is 4.94. The van der Waals surface area contributed by atoms with Gasteiger partial charge in [-0.25, -0.2) is 0 Å². The van der Waals surface area contributed by atoms with Gasteiger partial charge in [-0.15, -0.1) is 11.6 Å². The van der Waals surface area contributed by atoms with Crippen molar-refractivity contribution in [2.75, 3.05) is 6.61 Å². The maximum absolute atomic E-state index is 11.1. The fourth-order valence-electron chi connectivity index (χ4n) is 1.19. The highest BCUT2D eigenvalue weighted by atomic mass is 35.5. The number of carbonyl (C=O) groups is 1. The van der Waals surface area contributed by atoms with Gasteiger partial charge in [0.1, 0.15) is 0 Å². The molecule has 1 rings (SSSR count). The van der Waals surface area contributed by atoms with Crippen molar-refractivity contribution in [3.63, 3.8) is 0 Å². The number of nitrogens with zero attached hydrogens (tertiary/aromatic N) is 1. The fraction of sp³-hybridized carbons (Fsp3) is 0.455. The summed E-state index contributed by atoms with van der Waals surface area (Å²) in [6.45, 7) is 2.20. The summed E-state index contributed by atoms with van der Waals surface area (Å²) in [6.07, 6.45) is 2.57. The molecule has 4 heteroatoms. The lowest BCUT2D eigenvalue weighted by atomic mass is 10.2. The topological polar surface area (TPSA) is 39.2 Å². The van der Waals surface area contributed by atoms with Gasteiger partial charge in [0.2, 0.25) is 0 Å². The summed E-state index contributed by atoms with van der Waals surface area (Å²) in [4.78, 5) is 15.2. The highest BCUT2D eigenvalue weighted by molar-refractivity contribution is 6.20. The number of aromatic nitrogens is 1. The number of pyridine rings is 1. The van der Waals surface area contributed by atoms with Crippen molar-refractivity contribution in [2.24, 2.45) is 0 Å². The van der Waals surface area contributed by atoms with E-state index in [2.05, 4.69) is 4.98 Å². The Balaban J connectivity index is 2.37. The molecule has 0 aliphatic carbocycles. The van der Waals surface area contributed by atoms with Gasteiger partial charge >= 0.3 is 5.97 Å². The summed E-state index contributed by atoms with van der Waals surface area (Å²) in [5.74, 6) is -0.209. The van der Waals surface area contributed by atoms with E-state index in [9.17, 15) is 4.79 Å². The van der Waals surface area contributed by atoms with E-state index in [1.807, 2.05) is 18.2 Å². The summed E-state index contributed by atoms with van der Waals surface area (Å²) in [6, 6.07) is 5.56. The van der Waals surface area contributed by atoms with Crippen molar-refractivity contribution in [3.05, 3.63) is 30.1 Å². The van der Waals surface area contributed by atoms with E-state index < -0.39 is 0 Å². The minimum absolute atomic E-state index is 0.209. The third-order valence-corrected chi connectivity index (χ3v) is 2.36. The van der Waals surface area contributed by atoms with Gasteiger partial charge in [0, 0.05) is 12.6 Å². The molecule has 1 aromatic rings. The maximum atomic E-state index is 11.1. The predicted octanol–water partition coefficient (Wildman–Crippen LogP) is 2.70. The van der Waals surface area contributed by atoms with Crippen LogP contribution >= 0.6 is 11.6 Å². The SMILES string of the molecule is CCOC(=O)CCC(Cl)c1ccccn1. The Labute approximate surface area is 94.4 Å². The van der Waals surface area contributed by atoms with Crippen molar-refractivity contribution in [2.45, 2.75) is 25.1 Å². The number of alkyl halides is 1. The molecular weight excluding hydrogens is 214 g/mol. The first-order chi connectivity index (χ1) is 7.24. The Morgan fingerprint density at radius 2 is 2.40 bits per heavy atom. The van der Waals surface area contributed by atoms with E-state index >= 15 is 0 Å². The average Bonchev–Trinajstić information content (AvgIpc) is 2.27. The van der Waals surface area contributed by atoms with Crippen LogP contribution in [0.4, 0.5) is 0 Å². The first kappa shape index (κ1) is 12.0. The van der Waals surface area contributed by atoms with Crippen LogP contribution in [-0.2, 0) is 9.53 Å². The second kappa shape index (κ2) is 6.40. The van der Waals surface area contributed by atoms with Gasteiger partial charge in [0.25, 0.3) is 0 Å². The third-order valence-electron chi connectivity index (χ3n) is 1.92. The molecule has 1 unspecified atom stereocenters. The number of carbonyl (C=O) groups excluding carboxylic acids is 1. The number of ether oxygens (including phenoxy) is 1. The van der Waals surface area contributed by atoms with E-state index in [0.29, 0.717) is 19.4 Å². The van der Waals surface area contributed by atoms with Crippen LogP contribution in [0, 0.1) is 0 Å². The second-order valence-corrected chi connectivity index (χ2v) is 3.59. The van der Waals surface area contributed by atoms with Crippen LogP contribution < -0.4 is 0 Å². The van der Waals surface area contributed by atoms with Crippen LogP contribution in [0.5, 0.6) is 0 Å². The molecule has 0 aromatic carbocycles. The molecule has 1 heterocycles. The monoisotopic (exact) mass is 227 g/mol. The molecule has 0 fully saturated rings. The second-order valence-electron chi connectivity index (χ2n) is 3.07. The lowest BCUT2D eigenvalue weighted by molar-refractivity contribution is -0.143. The highest BCUT2D eigenvalue weighted by Crippen LogP contribution is 2.23. The lowest BCUT2D eigenvalue weighted by Crippen LogP contribution is -2.05. The molecule has 0 N–H and O–H groups in total. The Hall–Kier alpha value is -1.09. The summed E-state index contributed by atoms with van der Waals surface area (Å²) in [5, 5.41) is -0.226. The largest absolute Gasteiger partial charge is 0.466 e. The van der Waals surface area contributed by atoms with Gasteiger partial charge in [-0.3, -0.25) is 9.78 Å². The molecule has 3 nitrogen and oxygen atoms in total. The standard InChI is InChI=1S/C11H14ClNO2/c1-2-15-11(14)7-6-9(12)10-5-3-4-8-13-10/h3-5,8-9H,2,6-7H2,1H3. The fourth-order valence-corrected chi connectivity index (χ4v) is 1.43. The molecule has 1 atom stereocenters. The number of halogens is 1. The molecule has 0 bridgehead atoms. The molecule has 0 spiro atoms. The van der Waals surface area contributed by atoms with Crippen LogP contribution in [0.1, 0.15) is 30.8 Å². The average molecular weight is 228 g/mol. The third kappa shape index (κ3) is 4.30. The van der Waals surface area contributed by atoms with E-state index in [1.165, 1.54) is 0 Å². The zero-order chi connectivity index (χ0) is 11.1. The Bertz CT molecular complexity index is 303. The van der Waals surface area contributed by atoms with Crippen LogP contribution in [0.15, 0.2) is 24.4 Å². The predicted molar refractivity (Wildman–Crippen MR) is 58.7 cm³/mol. The van der Waals surface area contributed by atoms with Crippen LogP contribution in [-0.4, -0.2) is 17.6 Å². The molecule has 0 aliphatic heterocycles. The van der Waals surface area contributed by atoms with Gasteiger partial charge in [-0.05, 0) is 25.5 Å². The Morgan fingerprint density at radius 3 is 3.00 bits per heavy atom. The number of rotatable bonds is 5. The number of hydrogen-bond acceptors (Lipinski definition) is 3. The van der Waals surface area contributed by atoms with Gasteiger partial charge in [0.15, 0.2) is 0 Å². The zero-order valence-corrected chi connectivity index (χ0v) is 9.41. The van der Waals surface area contributed by atoms with E-state index in [0.717, 1.165) is 5.69 Å². The summed E-state index contributed by atoms with van der Waals surface area (Å²) in [7, 11) is 0. The highest BCUT2D eigenvalue weighted by Gasteiger charge is 2.11. The van der Waals surface area contributed by atoms with Crippen molar-refractivity contribution in [3.8, 4) is 0 Å². The molecule has 0 saturated carbocycles. The molecule has 0 radical (unpaired) electrons. The van der Waals surface area contributed by atoms with Crippen molar-refractivity contribution in [1.29, 1.82) is 0 Å². The molecule has 0 amide bonds. The van der Waals surface area contributed by atoms with Gasteiger partial charge in [-0.1, -0.05) is 6.07 Å². The van der Waals surface area contributed by atoms with Crippen LogP contribution in [0.3, 0.4) is 0 Å². The van der Waals surface area contributed by atoms with Crippen molar-refractivity contribution >= 4 is 17.6 Å². The zero-order valence-electron chi connectivity index (χ0n) is 8.65. The Kier molecular flexibility index (Phi) is 5.12. The lowest BCUT2D eigenvalue weighted by Gasteiger charge is -2.07.